The Morgan fingerprint density at radius 3 is 1.75 bits per heavy atom. The van der Waals surface area contributed by atoms with Crippen LogP contribution < -0.4 is 10.6 Å². The number of hydrogen-bond acceptors (Lipinski definition) is 3. The maximum Gasteiger partial charge on any atom is 0.326 e. The molecular formula is C13H12Cl2N4O. The van der Waals surface area contributed by atoms with Gasteiger partial charge in [-0.1, -0.05) is 12.1 Å². The van der Waals surface area contributed by atoms with Crippen molar-refractivity contribution in [3.8, 4) is 0 Å². The van der Waals surface area contributed by atoms with E-state index >= 15 is 0 Å². The van der Waals surface area contributed by atoms with Crippen LogP contribution in [0.15, 0.2) is 36.4 Å². The summed E-state index contributed by atoms with van der Waals surface area (Å²) in [4.78, 5) is 20.1. The van der Waals surface area contributed by atoms with Crippen LogP contribution in [0.4, 0.5) is 16.4 Å². The molecule has 5 nitrogen and oxygen atoms in total. The third-order valence-corrected chi connectivity index (χ3v) is 2.92. The second kappa shape index (κ2) is 7.07. The van der Waals surface area contributed by atoms with Crippen molar-refractivity contribution >= 4 is 40.9 Å². The molecule has 0 aromatic carbocycles. The quantitative estimate of drug-likeness (QED) is 0.848. The second-order valence-electron chi connectivity index (χ2n) is 3.87. The van der Waals surface area contributed by atoms with E-state index in [1.807, 2.05) is 0 Å². The topological polar surface area (TPSA) is 66.9 Å². The summed E-state index contributed by atoms with van der Waals surface area (Å²) >= 11 is 11.4. The molecule has 2 heterocycles. The number of pyridine rings is 2. The summed E-state index contributed by atoms with van der Waals surface area (Å²) in [5.41, 5.74) is 1.37. The van der Waals surface area contributed by atoms with Crippen molar-refractivity contribution in [1.29, 1.82) is 0 Å². The summed E-state index contributed by atoms with van der Waals surface area (Å²) in [5.74, 6) is 1.43. The molecular weight excluding hydrogens is 299 g/mol. The van der Waals surface area contributed by atoms with E-state index in [2.05, 4.69) is 20.6 Å². The SMILES string of the molecule is O=C(Nc1cccc(CCl)n1)Nc1cccc(CCl)n1. The minimum Gasteiger partial charge on any atom is -0.292 e. The predicted octanol–water partition coefficient (Wildman–Crippen LogP) is 3.60. The fraction of sp³-hybridized carbons (Fsp3) is 0.154. The van der Waals surface area contributed by atoms with Gasteiger partial charge >= 0.3 is 6.03 Å². The smallest absolute Gasteiger partial charge is 0.292 e. The zero-order valence-corrected chi connectivity index (χ0v) is 11.9. The van der Waals surface area contributed by atoms with Gasteiger partial charge in [-0.15, -0.1) is 23.2 Å². The molecule has 0 saturated carbocycles. The fourth-order valence-corrected chi connectivity index (χ4v) is 1.81. The molecule has 0 unspecified atom stereocenters. The summed E-state index contributed by atoms with van der Waals surface area (Å²) in [6.45, 7) is 0. The number of aromatic nitrogens is 2. The van der Waals surface area contributed by atoms with Gasteiger partial charge in [-0.2, -0.15) is 0 Å². The van der Waals surface area contributed by atoms with Gasteiger partial charge in [-0.25, -0.2) is 14.8 Å². The Kier molecular flexibility index (Phi) is 5.15. The number of hydrogen-bond donors (Lipinski definition) is 2. The van der Waals surface area contributed by atoms with Gasteiger partial charge in [0.2, 0.25) is 0 Å². The summed E-state index contributed by atoms with van der Waals surface area (Å²) < 4.78 is 0. The number of anilines is 2. The monoisotopic (exact) mass is 310 g/mol. The molecule has 0 aliphatic heterocycles. The van der Waals surface area contributed by atoms with E-state index in [0.717, 1.165) is 0 Å². The number of carbonyl (C=O) groups excluding carboxylic acids is 1. The molecule has 0 radical (unpaired) electrons. The van der Waals surface area contributed by atoms with Gasteiger partial charge in [-0.3, -0.25) is 10.6 Å². The molecule has 0 atom stereocenters. The first-order valence-corrected chi connectivity index (χ1v) is 6.90. The zero-order chi connectivity index (χ0) is 14.4. The molecule has 2 aromatic heterocycles. The molecule has 2 aromatic rings. The lowest BCUT2D eigenvalue weighted by Crippen LogP contribution is -2.21. The highest BCUT2D eigenvalue weighted by molar-refractivity contribution is 6.17. The van der Waals surface area contributed by atoms with Crippen LogP contribution in [0.25, 0.3) is 0 Å². The summed E-state index contributed by atoms with van der Waals surface area (Å²) in [7, 11) is 0. The largest absolute Gasteiger partial charge is 0.326 e. The van der Waals surface area contributed by atoms with Crippen LogP contribution in [0.1, 0.15) is 11.4 Å². The predicted molar refractivity (Wildman–Crippen MR) is 80.2 cm³/mol. The van der Waals surface area contributed by atoms with Gasteiger partial charge in [0.25, 0.3) is 0 Å². The molecule has 0 aliphatic rings. The van der Waals surface area contributed by atoms with Crippen LogP contribution in [0.5, 0.6) is 0 Å². The lowest BCUT2D eigenvalue weighted by molar-refractivity contribution is 0.262. The molecule has 0 fully saturated rings. The normalized spacial score (nSPS) is 10.1. The maximum atomic E-state index is 11.8. The minimum absolute atomic E-state index is 0.288. The fourth-order valence-electron chi connectivity index (χ4n) is 1.51. The summed E-state index contributed by atoms with van der Waals surface area (Å²) in [5, 5.41) is 5.22. The highest BCUT2D eigenvalue weighted by atomic mass is 35.5. The molecule has 104 valence electrons. The van der Waals surface area contributed by atoms with E-state index in [1.165, 1.54) is 0 Å². The zero-order valence-electron chi connectivity index (χ0n) is 10.4. The molecule has 7 heteroatoms. The summed E-state index contributed by atoms with van der Waals surface area (Å²) in [6.07, 6.45) is 0. The Balaban J connectivity index is 2.01. The highest BCUT2D eigenvalue weighted by Crippen LogP contribution is 2.09. The number of nitrogens with zero attached hydrogens (tertiary/aromatic N) is 2. The highest BCUT2D eigenvalue weighted by Gasteiger charge is 2.05. The molecule has 20 heavy (non-hydrogen) atoms. The van der Waals surface area contributed by atoms with Crippen molar-refractivity contribution in [1.82, 2.24) is 9.97 Å². The molecule has 0 aliphatic carbocycles. The Labute approximate surface area is 126 Å². The maximum absolute atomic E-state index is 11.8. The van der Waals surface area contributed by atoms with Crippen molar-refractivity contribution in [2.75, 3.05) is 10.6 Å². The molecule has 0 bridgehead atoms. The average molecular weight is 311 g/mol. The molecule has 2 rings (SSSR count). The number of carbonyl (C=O) groups is 1. The Morgan fingerprint density at radius 2 is 1.35 bits per heavy atom. The van der Waals surface area contributed by atoms with Crippen molar-refractivity contribution < 1.29 is 4.79 Å². The van der Waals surface area contributed by atoms with Gasteiger partial charge < -0.3 is 0 Å². The van der Waals surface area contributed by atoms with Gasteiger partial charge in [0, 0.05) is 0 Å². The van der Waals surface area contributed by atoms with E-state index < -0.39 is 6.03 Å². The van der Waals surface area contributed by atoms with Crippen LogP contribution in [0.2, 0.25) is 0 Å². The summed E-state index contributed by atoms with van der Waals surface area (Å²) in [6, 6.07) is 10.0. The minimum atomic E-state index is -0.427. The Bertz CT molecular complexity index is 555. The first kappa shape index (κ1) is 14.6. The first-order valence-electron chi connectivity index (χ1n) is 5.83. The van der Waals surface area contributed by atoms with Gasteiger partial charge in [0.15, 0.2) is 0 Å². The van der Waals surface area contributed by atoms with Crippen LogP contribution in [0, 0.1) is 0 Å². The van der Waals surface area contributed by atoms with Crippen LogP contribution >= 0.6 is 23.2 Å². The van der Waals surface area contributed by atoms with Crippen LogP contribution in [-0.4, -0.2) is 16.0 Å². The Morgan fingerprint density at radius 1 is 0.900 bits per heavy atom. The second-order valence-corrected chi connectivity index (χ2v) is 4.41. The number of amides is 2. The first-order chi connectivity index (χ1) is 9.71. The van der Waals surface area contributed by atoms with E-state index in [4.69, 9.17) is 23.2 Å². The third kappa shape index (κ3) is 4.08. The number of urea groups is 1. The Hall–Kier alpha value is -1.85. The van der Waals surface area contributed by atoms with E-state index in [9.17, 15) is 4.79 Å². The number of halogens is 2. The van der Waals surface area contributed by atoms with E-state index in [-0.39, 0.29) is 11.8 Å². The van der Waals surface area contributed by atoms with Crippen LogP contribution in [-0.2, 0) is 11.8 Å². The van der Waals surface area contributed by atoms with Crippen molar-refractivity contribution in [2.45, 2.75) is 11.8 Å². The van der Waals surface area contributed by atoms with Gasteiger partial charge in [0.1, 0.15) is 11.6 Å². The average Bonchev–Trinajstić information content (AvgIpc) is 2.47. The van der Waals surface area contributed by atoms with Crippen molar-refractivity contribution in [3.05, 3.63) is 47.8 Å². The van der Waals surface area contributed by atoms with Gasteiger partial charge in [-0.05, 0) is 24.3 Å². The molecule has 0 spiro atoms. The van der Waals surface area contributed by atoms with Crippen molar-refractivity contribution in [3.63, 3.8) is 0 Å². The molecule has 2 amide bonds. The third-order valence-electron chi connectivity index (χ3n) is 2.37. The molecule has 2 N–H and O–H groups in total. The van der Waals surface area contributed by atoms with Crippen molar-refractivity contribution in [2.24, 2.45) is 0 Å². The number of nitrogens with one attached hydrogen (secondary N) is 2. The van der Waals surface area contributed by atoms with E-state index in [0.29, 0.717) is 23.0 Å². The van der Waals surface area contributed by atoms with Crippen LogP contribution in [0.3, 0.4) is 0 Å². The number of alkyl halides is 2. The molecule has 0 saturated heterocycles. The lowest BCUT2D eigenvalue weighted by Gasteiger charge is -2.07. The number of rotatable bonds is 4. The standard InChI is InChI=1S/C13H12Cl2N4O/c14-7-9-3-1-5-11(16-9)18-13(20)19-12-6-2-4-10(8-15)17-12/h1-6H,7-8H2,(H2,16,17,18,19,20). The van der Waals surface area contributed by atoms with E-state index in [1.54, 1.807) is 36.4 Å². The lowest BCUT2D eigenvalue weighted by atomic mass is 10.3. The van der Waals surface area contributed by atoms with Gasteiger partial charge in [0.05, 0.1) is 23.1 Å².